The Morgan fingerprint density at radius 3 is 2.46 bits per heavy atom. The van der Waals surface area contributed by atoms with E-state index in [2.05, 4.69) is 4.98 Å². The van der Waals surface area contributed by atoms with Gasteiger partial charge in [-0.2, -0.15) is 0 Å². The molecule has 1 fully saturated rings. The second-order valence-electron chi connectivity index (χ2n) is 6.31. The van der Waals surface area contributed by atoms with Crippen molar-refractivity contribution in [3.05, 3.63) is 53.4 Å². The SMILES string of the molecule is Cn1ccnc1C(O)C1CCN(Cc2cc(F)c(F)cc2F)CC1. The fourth-order valence-electron chi connectivity index (χ4n) is 3.23. The van der Waals surface area contributed by atoms with E-state index in [1.165, 1.54) is 0 Å². The zero-order chi connectivity index (χ0) is 17.3. The quantitative estimate of drug-likeness (QED) is 0.871. The average Bonchev–Trinajstić information content (AvgIpc) is 2.99. The number of piperidine rings is 1. The standard InChI is InChI=1S/C17H20F3N3O/c1-22-7-4-21-17(22)16(24)11-2-5-23(6-3-11)10-12-8-14(19)15(20)9-13(12)18/h4,7-9,11,16,24H,2-3,5-6,10H2,1H3. The van der Waals surface area contributed by atoms with Gasteiger partial charge in [0.15, 0.2) is 11.6 Å². The van der Waals surface area contributed by atoms with E-state index in [-0.39, 0.29) is 18.0 Å². The van der Waals surface area contributed by atoms with Crippen LogP contribution in [0.4, 0.5) is 13.2 Å². The molecule has 0 aliphatic carbocycles. The number of aryl methyl sites for hydroxylation is 1. The highest BCUT2D eigenvalue weighted by Gasteiger charge is 2.28. The summed E-state index contributed by atoms with van der Waals surface area (Å²) in [6.07, 6.45) is 4.28. The molecule has 4 nitrogen and oxygen atoms in total. The molecule has 0 spiro atoms. The smallest absolute Gasteiger partial charge is 0.161 e. The minimum Gasteiger partial charge on any atom is -0.385 e. The van der Waals surface area contributed by atoms with Gasteiger partial charge in [0.25, 0.3) is 0 Å². The molecule has 0 saturated carbocycles. The van der Waals surface area contributed by atoms with Gasteiger partial charge in [0.05, 0.1) is 0 Å². The maximum absolute atomic E-state index is 13.7. The lowest BCUT2D eigenvalue weighted by molar-refractivity contribution is 0.0489. The number of hydrogen-bond donors (Lipinski definition) is 1. The van der Waals surface area contributed by atoms with Crippen molar-refractivity contribution in [2.75, 3.05) is 13.1 Å². The van der Waals surface area contributed by atoms with Gasteiger partial charge in [0, 0.05) is 37.6 Å². The molecule has 1 aromatic carbocycles. The Balaban J connectivity index is 1.59. The first-order valence-corrected chi connectivity index (χ1v) is 7.96. The number of benzene rings is 1. The molecule has 1 unspecified atom stereocenters. The van der Waals surface area contributed by atoms with Crippen LogP contribution in [0.5, 0.6) is 0 Å². The van der Waals surface area contributed by atoms with Crippen molar-refractivity contribution in [3.8, 4) is 0 Å². The molecule has 2 heterocycles. The number of rotatable bonds is 4. The number of imidazole rings is 1. The van der Waals surface area contributed by atoms with Gasteiger partial charge >= 0.3 is 0 Å². The first-order chi connectivity index (χ1) is 11.5. The average molecular weight is 339 g/mol. The molecule has 0 amide bonds. The Kier molecular flexibility index (Phi) is 4.91. The zero-order valence-corrected chi connectivity index (χ0v) is 13.4. The van der Waals surface area contributed by atoms with Crippen LogP contribution < -0.4 is 0 Å². The normalized spacial score (nSPS) is 18.0. The van der Waals surface area contributed by atoms with E-state index in [1.54, 1.807) is 17.0 Å². The lowest BCUT2D eigenvalue weighted by Crippen LogP contribution is -2.35. The molecule has 1 aliphatic rings. The molecular weight excluding hydrogens is 319 g/mol. The summed E-state index contributed by atoms with van der Waals surface area (Å²) < 4.78 is 41.8. The maximum Gasteiger partial charge on any atom is 0.161 e. The molecule has 0 bridgehead atoms. The van der Waals surface area contributed by atoms with Crippen molar-refractivity contribution in [1.82, 2.24) is 14.5 Å². The number of hydrogen-bond acceptors (Lipinski definition) is 3. The maximum atomic E-state index is 13.7. The molecule has 7 heteroatoms. The molecule has 0 radical (unpaired) electrons. The lowest BCUT2D eigenvalue weighted by atomic mass is 9.90. The van der Waals surface area contributed by atoms with Gasteiger partial charge in [-0.3, -0.25) is 4.90 Å². The summed E-state index contributed by atoms with van der Waals surface area (Å²) in [5.74, 6) is -2.22. The van der Waals surface area contributed by atoms with Crippen LogP contribution in [0, 0.1) is 23.4 Å². The van der Waals surface area contributed by atoms with Crippen LogP contribution in [-0.2, 0) is 13.6 Å². The molecule has 3 rings (SSSR count). The number of aliphatic hydroxyl groups excluding tert-OH is 1. The van der Waals surface area contributed by atoms with Crippen molar-refractivity contribution in [2.24, 2.45) is 13.0 Å². The molecule has 1 saturated heterocycles. The Bertz CT molecular complexity index is 711. The fourth-order valence-corrected chi connectivity index (χ4v) is 3.23. The Labute approximate surface area is 138 Å². The predicted octanol–water partition coefficient (Wildman–Crippen LogP) is 2.78. The third kappa shape index (κ3) is 3.47. The first kappa shape index (κ1) is 17.0. The molecular formula is C17H20F3N3O. The molecule has 1 aromatic heterocycles. The highest BCUT2D eigenvalue weighted by atomic mass is 19.2. The molecule has 1 aliphatic heterocycles. The van der Waals surface area contributed by atoms with Crippen LogP contribution in [0.25, 0.3) is 0 Å². The van der Waals surface area contributed by atoms with E-state index in [0.29, 0.717) is 25.0 Å². The van der Waals surface area contributed by atoms with Gasteiger partial charge in [0.2, 0.25) is 0 Å². The number of aliphatic hydroxyl groups is 1. The Morgan fingerprint density at radius 2 is 1.83 bits per heavy atom. The van der Waals surface area contributed by atoms with E-state index in [1.807, 2.05) is 11.9 Å². The van der Waals surface area contributed by atoms with Crippen molar-refractivity contribution in [1.29, 1.82) is 0 Å². The summed E-state index contributed by atoms with van der Waals surface area (Å²) in [5, 5.41) is 10.4. The van der Waals surface area contributed by atoms with Crippen LogP contribution in [0.2, 0.25) is 0 Å². The monoisotopic (exact) mass is 339 g/mol. The first-order valence-electron chi connectivity index (χ1n) is 7.96. The number of likely N-dealkylation sites (tertiary alicyclic amines) is 1. The van der Waals surface area contributed by atoms with Crippen molar-refractivity contribution < 1.29 is 18.3 Å². The van der Waals surface area contributed by atoms with Crippen LogP contribution in [0.3, 0.4) is 0 Å². The minimum absolute atomic E-state index is 0.0807. The molecule has 1 N–H and O–H groups in total. The van der Waals surface area contributed by atoms with E-state index in [0.717, 1.165) is 18.9 Å². The Hall–Kier alpha value is -1.86. The Morgan fingerprint density at radius 1 is 1.17 bits per heavy atom. The summed E-state index contributed by atoms with van der Waals surface area (Å²) in [4.78, 5) is 6.16. The molecule has 24 heavy (non-hydrogen) atoms. The predicted molar refractivity (Wildman–Crippen MR) is 82.5 cm³/mol. The highest BCUT2D eigenvalue weighted by molar-refractivity contribution is 5.20. The van der Waals surface area contributed by atoms with Gasteiger partial charge < -0.3 is 9.67 Å². The number of halogens is 3. The summed E-state index contributed by atoms with van der Waals surface area (Å²) in [6, 6.07) is 1.50. The molecule has 130 valence electrons. The van der Waals surface area contributed by atoms with Crippen LogP contribution in [0.1, 0.15) is 30.3 Å². The van der Waals surface area contributed by atoms with E-state index in [9.17, 15) is 18.3 Å². The van der Waals surface area contributed by atoms with Crippen LogP contribution in [-0.4, -0.2) is 32.6 Å². The molecule has 1 atom stereocenters. The van der Waals surface area contributed by atoms with Gasteiger partial charge in [0.1, 0.15) is 17.7 Å². The molecule has 2 aromatic rings. The van der Waals surface area contributed by atoms with Crippen LogP contribution >= 0.6 is 0 Å². The highest BCUT2D eigenvalue weighted by Crippen LogP contribution is 2.30. The summed E-state index contributed by atoms with van der Waals surface area (Å²) >= 11 is 0. The fraction of sp³-hybridized carbons (Fsp3) is 0.471. The van der Waals surface area contributed by atoms with Crippen molar-refractivity contribution in [3.63, 3.8) is 0 Å². The third-order valence-electron chi connectivity index (χ3n) is 4.69. The van der Waals surface area contributed by atoms with E-state index >= 15 is 0 Å². The van der Waals surface area contributed by atoms with E-state index in [4.69, 9.17) is 0 Å². The third-order valence-corrected chi connectivity index (χ3v) is 4.69. The topological polar surface area (TPSA) is 41.3 Å². The minimum atomic E-state index is -1.17. The summed E-state index contributed by atoms with van der Waals surface area (Å²) in [6.45, 7) is 1.55. The summed E-state index contributed by atoms with van der Waals surface area (Å²) in [5.41, 5.74) is 0.150. The summed E-state index contributed by atoms with van der Waals surface area (Å²) in [7, 11) is 1.84. The van der Waals surface area contributed by atoms with E-state index < -0.39 is 23.6 Å². The van der Waals surface area contributed by atoms with Gasteiger partial charge in [-0.15, -0.1) is 0 Å². The number of nitrogens with zero attached hydrogens (tertiary/aromatic N) is 3. The van der Waals surface area contributed by atoms with Crippen LogP contribution in [0.15, 0.2) is 24.5 Å². The zero-order valence-electron chi connectivity index (χ0n) is 13.4. The second kappa shape index (κ2) is 6.94. The van der Waals surface area contributed by atoms with Crippen molar-refractivity contribution >= 4 is 0 Å². The van der Waals surface area contributed by atoms with Gasteiger partial charge in [-0.1, -0.05) is 0 Å². The van der Waals surface area contributed by atoms with Gasteiger partial charge in [-0.05, 0) is 37.9 Å². The van der Waals surface area contributed by atoms with Crippen molar-refractivity contribution in [2.45, 2.75) is 25.5 Å². The lowest BCUT2D eigenvalue weighted by Gasteiger charge is -2.34. The number of aromatic nitrogens is 2. The van der Waals surface area contributed by atoms with Gasteiger partial charge in [-0.25, -0.2) is 18.2 Å². The largest absolute Gasteiger partial charge is 0.385 e. The second-order valence-corrected chi connectivity index (χ2v) is 6.31.